The molecule has 0 amide bonds. The summed E-state index contributed by atoms with van der Waals surface area (Å²) in [6, 6.07) is 11.8. The minimum atomic E-state index is -0.0794. The number of fused-ring (bicyclic) bond motifs is 1. The molecule has 0 aliphatic rings. The van der Waals surface area contributed by atoms with Gasteiger partial charge < -0.3 is 4.98 Å². The van der Waals surface area contributed by atoms with E-state index < -0.39 is 0 Å². The molecule has 0 fully saturated rings. The fraction of sp³-hybridized carbons (Fsp3) is 0.0625. The van der Waals surface area contributed by atoms with Crippen molar-refractivity contribution in [2.45, 2.75) is 6.54 Å². The van der Waals surface area contributed by atoms with Crippen LogP contribution in [0.2, 0.25) is 0 Å². The smallest absolute Gasteiger partial charge is 0.278 e. The second kappa shape index (κ2) is 5.23. The van der Waals surface area contributed by atoms with Crippen LogP contribution in [0.4, 0.5) is 0 Å². The van der Waals surface area contributed by atoms with Crippen LogP contribution in [0.5, 0.6) is 0 Å². The summed E-state index contributed by atoms with van der Waals surface area (Å²) in [6.45, 7) is 0.421. The lowest BCUT2D eigenvalue weighted by Gasteiger charge is -2.02. The van der Waals surface area contributed by atoms with Crippen molar-refractivity contribution >= 4 is 22.4 Å². The van der Waals surface area contributed by atoms with Gasteiger partial charge in [0, 0.05) is 17.1 Å². The van der Waals surface area contributed by atoms with Crippen molar-refractivity contribution in [2.75, 3.05) is 0 Å². The normalized spacial score (nSPS) is 11.1. The van der Waals surface area contributed by atoms with Crippen LogP contribution in [-0.4, -0.2) is 19.5 Å². The summed E-state index contributed by atoms with van der Waals surface area (Å²) in [5.74, 6) is 0. The Morgan fingerprint density at radius 2 is 2.05 bits per heavy atom. The summed E-state index contributed by atoms with van der Waals surface area (Å²) in [4.78, 5) is 24.1. The van der Waals surface area contributed by atoms with Crippen LogP contribution in [0.1, 0.15) is 5.69 Å². The highest BCUT2D eigenvalue weighted by Crippen LogP contribution is 2.23. The lowest BCUT2D eigenvalue weighted by molar-refractivity contribution is 0.733. The molecule has 0 bridgehead atoms. The first-order valence-electron chi connectivity index (χ1n) is 6.83. The van der Waals surface area contributed by atoms with Crippen molar-refractivity contribution < 1.29 is 0 Å². The Kier molecular flexibility index (Phi) is 3.08. The van der Waals surface area contributed by atoms with Crippen LogP contribution >= 0.6 is 11.3 Å². The van der Waals surface area contributed by atoms with E-state index in [1.54, 1.807) is 34.5 Å². The van der Waals surface area contributed by atoms with E-state index in [9.17, 15) is 4.79 Å². The average Bonchev–Trinajstić information content (AvgIpc) is 3.20. The van der Waals surface area contributed by atoms with Gasteiger partial charge in [-0.15, -0.1) is 11.3 Å². The maximum absolute atomic E-state index is 12.3. The van der Waals surface area contributed by atoms with Crippen molar-refractivity contribution in [1.82, 2.24) is 19.5 Å². The lowest BCUT2D eigenvalue weighted by atomic mass is 10.2. The largest absolute Gasteiger partial charge is 0.355 e. The maximum Gasteiger partial charge on any atom is 0.278 e. The third-order valence-electron chi connectivity index (χ3n) is 3.44. The minimum Gasteiger partial charge on any atom is -0.355 e. The van der Waals surface area contributed by atoms with Gasteiger partial charge in [0.1, 0.15) is 10.5 Å². The Morgan fingerprint density at radius 1 is 1.18 bits per heavy atom. The van der Waals surface area contributed by atoms with E-state index in [1.165, 1.54) is 0 Å². The summed E-state index contributed by atoms with van der Waals surface area (Å²) >= 11 is 1.58. The molecule has 0 spiro atoms. The molecule has 0 aliphatic carbocycles. The molecule has 4 aromatic rings. The first kappa shape index (κ1) is 13.0. The number of aromatic nitrogens is 4. The van der Waals surface area contributed by atoms with Gasteiger partial charge in [-0.05, 0) is 6.07 Å². The molecular formula is C16H12N4OS. The predicted octanol–water partition coefficient (Wildman–Crippen LogP) is 2.90. The van der Waals surface area contributed by atoms with Gasteiger partial charge in [-0.2, -0.15) is 0 Å². The molecule has 3 heterocycles. The molecule has 22 heavy (non-hydrogen) atoms. The van der Waals surface area contributed by atoms with E-state index in [1.807, 2.05) is 35.7 Å². The van der Waals surface area contributed by atoms with Gasteiger partial charge in [0.15, 0.2) is 0 Å². The van der Waals surface area contributed by atoms with Crippen LogP contribution in [0, 0.1) is 0 Å². The molecule has 1 aromatic carbocycles. The van der Waals surface area contributed by atoms with Crippen LogP contribution in [0.15, 0.2) is 59.1 Å². The van der Waals surface area contributed by atoms with Gasteiger partial charge in [-0.3, -0.25) is 9.36 Å². The minimum absolute atomic E-state index is 0.0794. The molecule has 0 saturated carbocycles. The number of hydrogen-bond acceptors (Lipinski definition) is 4. The van der Waals surface area contributed by atoms with Crippen LogP contribution in [0.25, 0.3) is 21.6 Å². The average molecular weight is 308 g/mol. The van der Waals surface area contributed by atoms with Crippen LogP contribution in [0.3, 0.4) is 0 Å². The Morgan fingerprint density at radius 3 is 2.91 bits per heavy atom. The summed E-state index contributed by atoms with van der Waals surface area (Å²) in [5, 5.41) is 2.94. The molecule has 0 atom stereocenters. The molecule has 0 unspecified atom stereocenters. The topological polar surface area (TPSA) is 63.6 Å². The van der Waals surface area contributed by atoms with E-state index in [0.29, 0.717) is 17.6 Å². The van der Waals surface area contributed by atoms with E-state index in [4.69, 9.17) is 0 Å². The monoisotopic (exact) mass is 308 g/mol. The highest BCUT2D eigenvalue weighted by molar-refractivity contribution is 7.13. The second-order valence-corrected chi connectivity index (χ2v) is 5.78. The van der Waals surface area contributed by atoms with E-state index in [-0.39, 0.29) is 5.56 Å². The second-order valence-electron chi connectivity index (χ2n) is 4.93. The quantitative estimate of drug-likeness (QED) is 0.633. The zero-order chi connectivity index (χ0) is 14.9. The van der Waals surface area contributed by atoms with E-state index >= 15 is 0 Å². The van der Waals surface area contributed by atoms with Crippen molar-refractivity contribution in [1.29, 1.82) is 0 Å². The fourth-order valence-electron chi connectivity index (χ4n) is 2.35. The Hall–Kier alpha value is -2.73. The van der Waals surface area contributed by atoms with Crippen molar-refractivity contribution in [3.8, 4) is 10.6 Å². The van der Waals surface area contributed by atoms with Crippen LogP contribution in [-0.2, 0) is 6.54 Å². The number of nitrogens with one attached hydrogen (secondary N) is 1. The molecule has 0 radical (unpaired) electrons. The van der Waals surface area contributed by atoms with Crippen molar-refractivity contribution in [2.24, 2.45) is 0 Å². The number of benzene rings is 1. The number of nitrogens with zero attached hydrogens (tertiary/aromatic N) is 3. The van der Waals surface area contributed by atoms with Gasteiger partial charge in [-0.1, -0.05) is 30.3 Å². The maximum atomic E-state index is 12.3. The number of H-pyrrole nitrogens is 1. The van der Waals surface area contributed by atoms with Gasteiger partial charge in [0.25, 0.3) is 5.56 Å². The number of hydrogen-bond donors (Lipinski definition) is 1. The fourth-order valence-corrected chi connectivity index (χ4v) is 3.17. The molecule has 1 N–H and O–H groups in total. The molecular weight excluding hydrogens is 296 g/mol. The lowest BCUT2D eigenvalue weighted by Crippen LogP contribution is -2.21. The molecule has 0 saturated heterocycles. The van der Waals surface area contributed by atoms with Gasteiger partial charge in [0.05, 0.1) is 24.1 Å². The zero-order valence-corrected chi connectivity index (χ0v) is 12.4. The van der Waals surface area contributed by atoms with Crippen molar-refractivity contribution in [3.05, 3.63) is 70.4 Å². The van der Waals surface area contributed by atoms with Gasteiger partial charge in [-0.25, -0.2) is 9.97 Å². The summed E-state index contributed by atoms with van der Waals surface area (Å²) in [7, 11) is 0. The first-order valence-corrected chi connectivity index (χ1v) is 7.71. The Bertz CT molecular complexity index is 984. The van der Waals surface area contributed by atoms with Gasteiger partial charge >= 0.3 is 0 Å². The number of thiazole rings is 1. The third kappa shape index (κ3) is 2.23. The molecule has 3 aromatic heterocycles. The molecule has 6 heteroatoms. The Labute approximate surface area is 129 Å². The predicted molar refractivity (Wildman–Crippen MR) is 87.0 cm³/mol. The standard InChI is InChI=1S/C16H12N4OS/c21-16-14-13(6-7-17-14)18-10-20(16)8-12-9-22-15(19-12)11-4-2-1-3-5-11/h1-7,9-10,17H,8H2. The summed E-state index contributed by atoms with van der Waals surface area (Å²) in [6.07, 6.45) is 3.29. The van der Waals surface area contributed by atoms with E-state index in [2.05, 4.69) is 15.0 Å². The summed E-state index contributed by atoms with van der Waals surface area (Å²) in [5.41, 5.74) is 3.08. The van der Waals surface area contributed by atoms with Crippen LogP contribution < -0.4 is 5.56 Å². The third-order valence-corrected chi connectivity index (χ3v) is 4.38. The molecule has 5 nitrogen and oxygen atoms in total. The SMILES string of the molecule is O=c1c2[nH]ccc2ncn1Cc1csc(-c2ccccc2)n1. The zero-order valence-electron chi connectivity index (χ0n) is 11.6. The van der Waals surface area contributed by atoms with Gasteiger partial charge in [0.2, 0.25) is 0 Å². The molecule has 4 rings (SSSR count). The highest BCUT2D eigenvalue weighted by Gasteiger charge is 2.08. The Balaban J connectivity index is 1.67. The molecule has 108 valence electrons. The molecule has 0 aliphatic heterocycles. The number of aromatic amines is 1. The first-order chi connectivity index (χ1) is 10.8. The summed E-state index contributed by atoms with van der Waals surface area (Å²) < 4.78 is 1.57. The highest BCUT2D eigenvalue weighted by atomic mass is 32.1. The number of rotatable bonds is 3. The van der Waals surface area contributed by atoms with E-state index in [0.717, 1.165) is 16.3 Å². The van der Waals surface area contributed by atoms with Crippen molar-refractivity contribution in [3.63, 3.8) is 0 Å².